The quantitative estimate of drug-likeness (QED) is 0.834. The molecule has 0 saturated carbocycles. The van der Waals surface area contributed by atoms with Crippen LogP contribution in [0.2, 0.25) is 0 Å². The molecule has 1 unspecified atom stereocenters. The summed E-state index contributed by atoms with van der Waals surface area (Å²) < 4.78 is 0. The molecule has 3 heteroatoms. The first-order valence-corrected chi connectivity index (χ1v) is 6.47. The maximum atomic E-state index is 5.82. The van der Waals surface area contributed by atoms with Crippen molar-refractivity contribution < 1.29 is 0 Å². The number of nitrogens with zero attached hydrogens (tertiary/aromatic N) is 1. The van der Waals surface area contributed by atoms with Gasteiger partial charge in [0.1, 0.15) is 0 Å². The van der Waals surface area contributed by atoms with Crippen LogP contribution in [0.4, 0.5) is 5.69 Å². The van der Waals surface area contributed by atoms with Gasteiger partial charge in [-0.2, -0.15) is 0 Å². The molecule has 1 atom stereocenters. The van der Waals surface area contributed by atoms with Crippen molar-refractivity contribution in [1.29, 1.82) is 0 Å². The third kappa shape index (κ3) is 2.29. The van der Waals surface area contributed by atoms with Gasteiger partial charge in [-0.1, -0.05) is 44.3 Å². The van der Waals surface area contributed by atoms with Gasteiger partial charge in [-0.25, -0.2) is 0 Å². The topological polar surface area (TPSA) is 29.3 Å². The van der Waals surface area contributed by atoms with Crippen molar-refractivity contribution >= 4 is 22.9 Å². The lowest BCUT2D eigenvalue weighted by molar-refractivity contribution is 0.490. The molecule has 2 nitrogen and oxygen atoms in total. The highest BCUT2D eigenvalue weighted by molar-refractivity contribution is 7.80. The van der Waals surface area contributed by atoms with Crippen molar-refractivity contribution in [2.45, 2.75) is 33.2 Å². The Hall–Kier alpha value is -1.09. The minimum atomic E-state index is -0.124. The van der Waals surface area contributed by atoms with Crippen LogP contribution in [-0.4, -0.2) is 17.6 Å². The summed E-state index contributed by atoms with van der Waals surface area (Å²) in [5.41, 5.74) is 8.46. The molecule has 0 saturated heterocycles. The Bertz CT molecular complexity index is 440. The zero-order valence-electron chi connectivity index (χ0n) is 10.7. The number of rotatable bonds is 3. The molecule has 1 aromatic carbocycles. The number of nitrogens with two attached hydrogens (primary N) is 1. The molecule has 2 rings (SSSR count). The maximum absolute atomic E-state index is 5.82. The van der Waals surface area contributed by atoms with Gasteiger partial charge in [0.2, 0.25) is 0 Å². The number of hydrogen-bond acceptors (Lipinski definition) is 2. The Labute approximate surface area is 109 Å². The first kappa shape index (κ1) is 12.4. The second-order valence-electron chi connectivity index (χ2n) is 5.56. The monoisotopic (exact) mass is 248 g/mol. The van der Waals surface area contributed by atoms with Gasteiger partial charge in [0, 0.05) is 23.7 Å². The predicted octanol–water partition coefficient (Wildman–Crippen LogP) is 2.75. The Morgan fingerprint density at radius 1 is 1.47 bits per heavy atom. The number of fused-ring (bicyclic) bond motifs is 1. The third-order valence-corrected chi connectivity index (χ3v) is 4.13. The van der Waals surface area contributed by atoms with E-state index in [4.69, 9.17) is 18.0 Å². The fourth-order valence-electron chi connectivity index (χ4n) is 2.37. The summed E-state index contributed by atoms with van der Waals surface area (Å²) in [4.78, 5) is 3.02. The van der Waals surface area contributed by atoms with E-state index in [9.17, 15) is 0 Å². The zero-order chi connectivity index (χ0) is 12.6. The molecule has 17 heavy (non-hydrogen) atoms. The average Bonchev–Trinajstić information content (AvgIpc) is 2.55. The van der Waals surface area contributed by atoms with Crippen molar-refractivity contribution in [3.8, 4) is 0 Å². The lowest BCUT2D eigenvalue weighted by Crippen LogP contribution is -2.44. The molecule has 1 aromatic rings. The van der Waals surface area contributed by atoms with E-state index in [2.05, 4.69) is 49.9 Å². The standard InChI is InChI=1S/C14H20N2S/c1-10-8-11-6-4-5-7-12(11)16(10)9-14(2,3)13(15)17/h4-7,10H,8-9H2,1-3H3,(H2,15,17). The van der Waals surface area contributed by atoms with Crippen LogP contribution < -0.4 is 10.6 Å². The average molecular weight is 248 g/mol. The van der Waals surface area contributed by atoms with Gasteiger partial charge < -0.3 is 10.6 Å². The van der Waals surface area contributed by atoms with E-state index in [1.165, 1.54) is 11.3 Å². The molecule has 92 valence electrons. The molecule has 1 aliphatic rings. The van der Waals surface area contributed by atoms with E-state index in [-0.39, 0.29) is 5.41 Å². The van der Waals surface area contributed by atoms with Crippen LogP contribution in [-0.2, 0) is 6.42 Å². The molecule has 0 bridgehead atoms. The van der Waals surface area contributed by atoms with Gasteiger partial charge >= 0.3 is 0 Å². The molecule has 0 amide bonds. The largest absolute Gasteiger partial charge is 0.393 e. The molecule has 0 aliphatic carbocycles. The number of benzene rings is 1. The van der Waals surface area contributed by atoms with E-state index in [1.54, 1.807) is 0 Å². The van der Waals surface area contributed by atoms with Gasteiger partial charge in [0.25, 0.3) is 0 Å². The predicted molar refractivity (Wildman–Crippen MR) is 77.5 cm³/mol. The number of thiocarbonyl (C=S) groups is 1. The highest BCUT2D eigenvalue weighted by atomic mass is 32.1. The molecule has 0 aromatic heterocycles. The first-order chi connectivity index (χ1) is 7.92. The third-order valence-electron chi connectivity index (χ3n) is 3.58. The molecule has 0 radical (unpaired) electrons. The summed E-state index contributed by atoms with van der Waals surface area (Å²) >= 11 is 5.15. The van der Waals surface area contributed by atoms with Gasteiger partial charge in [0.15, 0.2) is 0 Å². The van der Waals surface area contributed by atoms with E-state index in [0.29, 0.717) is 11.0 Å². The SMILES string of the molecule is CC1Cc2ccccc2N1CC(C)(C)C(N)=S. The van der Waals surface area contributed by atoms with Crippen molar-refractivity contribution in [2.24, 2.45) is 11.1 Å². The fourth-order valence-corrected chi connectivity index (χ4v) is 2.44. The number of para-hydroxylation sites is 1. The zero-order valence-corrected chi connectivity index (χ0v) is 11.6. The smallest absolute Gasteiger partial charge is 0.0802 e. The fraction of sp³-hybridized carbons (Fsp3) is 0.500. The van der Waals surface area contributed by atoms with Crippen molar-refractivity contribution in [3.63, 3.8) is 0 Å². The van der Waals surface area contributed by atoms with Crippen molar-refractivity contribution in [1.82, 2.24) is 0 Å². The molecule has 1 aliphatic heterocycles. The van der Waals surface area contributed by atoms with Crippen LogP contribution in [0.15, 0.2) is 24.3 Å². The van der Waals surface area contributed by atoms with E-state index < -0.39 is 0 Å². The van der Waals surface area contributed by atoms with E-state index >= 15 is 0 Å². The van der Waals surface area contributed by atoms with Crippen LogP contribution in [0.25, 0.3) is 0 Å². The first-order valence-electron chi connectivity index (χ1n) is 6.06. The molecule has 0 fully saturated rings. The number of hydrogen-bond donors (Lipinski definition) is 1. The van der Waals surface area contributed by atoms with Crippen molar-refractivity contribution in [3.05, 3.63) is 29.8 Å². The molecule has 0 spiro atoms. The van der Waals surface area contributed by atoms with Crippen LogP contribution in [0.5, 0.6) is 0 Å². The van der Waals surface area contributed by atoms with Crippen LogP contribution in [0, 0.1) is 5.41 Å². The molecular weight excluding hydrogens is 228 g/mol. The van der Waals surface area contributed by atoms with Gasteiger partial charge in [-0.3, -0.25) is 0 Å². The van der Waals surface area contributed by atoms with Gasteiger partial charge in [-0.15, -0.1) is 0 Å². The summed E-state index contributed by atoms with van der Waals surface area (Å²) in [6.07, 6.45) is 1.11. The second-order valence-corrected chi connectivity index (χ2v) is 6.00. The summed E-state index contributed by atoms with van der Waals surface area (Å²) in [6, 6.07) is 9.13. The Balaban J connectivity index is 2.26. The van der Waals surface area contributed by atoms with E-state index in [1.807, 2.05) is 0 Å². The lowest BCUT2D eigenvalue weighted by Gasteiger charge is -2.34. The van der Waals surface area contributed by atoms with E-state index in [0.717, 1.165) is 13.0 Å². The highest BCUT2D eigenvalue weighted by Gasteiger charge is 2.32. The minimum absolute atomic E-state index is 0.124. The van der Waals surface area contributed by atoms with Crippen LogP contribution >= 0.6 is 12.2 Å². The normalized spacial score (nSPS) is 19.2. The minimum Gasteiger partial charge on any atom is -0.393 e. The summed E-state index contributed by atoms with van der Waals surface area (Å²) in [5.74, 6) is 0. The van der Waals surface area contributed by atoms with Crippen LogP contribution in [0.3, 0.4) is 0 Å². The Morgan fingerprint density at radius 3 is 2.76 bits per heavy atom. The Kier molecular flexibility index (Phi) is 3.13. The molecule has 1 heterocycles. The van der Waals surface area contributed by atoms with Gasteiger partial charge in [-0.05, 0) is 25.0 Å². The van der Waals surface area contributed by atoms with Crippen LogP contribution in [0.1, 0.15) is 26.3 Å². The molecule has 2 N–H and O–H groups in total. The summed E-state index contributed by atoms with van der Waals surface area (Å²) in [6.45, 7) is 7.38. The maximum Gasteiger partial charge on any atom is 0.0802 e. The molecular formula is C14H20N2S. The van der Waals surface area contributed by atoms with Crippen molar-refractivity contribution in [2.75, 3.05) is 11.4 Å². The second kappa shape index (κ2) is 4.30. The van der Waals surface area contributed by atoms with Gasteiger partial charge in [0.05, 0.1) is 4.99 Å². The Morgan fingerprint density at radius 2 is 2.12 bits per heavy atom. The number of anilines is 1. The summed E-state index contributed by atoms with van der Waals surface area (Å²) in [5, 5.41) is 0. The highest BCUT2D eigenvalue weighted by Crippen LogP contribution is 2.34. The lowest BCUT2D eigenvalue weighted by atomic mass is 9.92. The summed E-state index contributed by atoms with van der Waals surface area (Å²) in [7, 11) is 0.